The number of nitrogens with one attached hydrogen (secondary N) is 1. The average molecular weight is 557 g/mol. The first-order valence-corrected chi connectivity index (χ1v) is 13.4. The molecule has 0 aliphatic heterocycles. The number of carbonyl (C=O) groups excluding carboxylic acids is 1. The second-order valence-electron chi connectivity index (χ2n) is 9.38. The molecule has 0 unspecified atom stereocenters. The smallest absolute Gasteiger partial charge is 0.255 e. The van der Waals surface area contributed by atoms with Crippen LogP contribution in [0.4, 0.5) is 0 Å². The summed E-state index contributed by atoms with van der Waals surface area (Å²) < 4.78 is 28.6. The maximum Gasteiger partial charge on any atom is 0.255 e. The van der Waals surface area contributed by atoms with Crippen LogP contribution in [-0.2, 0) is 26.8 Å². The first-order valence-electron chi connectivity index (χ1n) is 11.2. The molecule has 0 radical (unpaired) electrons. The first-order chi connectivity index (χ1) is 16.4. The highest BCUT2D eigenvalue weighted by Crippen LogP contribution is 2.22. The highest BCUT2D eigenvalue weighted by atomic mass is 79.9. The highest BCUT2D eigenvalue weighted by Gasteiger charge is 2.27. The van der Waals surface area contributed by atoms with Crippen molar-refractivity contribution in [3.63, 3.8) is 0 Å². The van der Waals surface area contributed by atoms with Crippen LogP contribution in [0.25, 0.3) is 0 Å². The summed E-state index contributed by atoms with van der Waals surface area (Å²) >= 11 is 3.32. The Morgan fingerprint density at radius 2 is 1.57 bits per heavy atom. The van der Waals surface area contributed by atoms with Crippen LogP contribution < -0.4 is 5.43 Å². The van der Waals surface area contributed by atoms with Gasteiger partial charge in [0.05, 0.1) is 17.7 Å². The van der Waals surface area contributed by atoms with Crippen molar-refractivity contribution in [2.75, 3.05) is 6.54 Å². The van der Waals surface area contributed by atoms with Crippen molar-refractivity contribution in [1.29, 1.82) is 0 Å². The number of halogens is 1. The molecule has 0 atom stereocenters. The Labute approximate surface area is 216 Å². The predicted molar refractivity (Wildman–Crippen MR) is 144 cm³/mol. The molecule has 0 aromatic heterocycles. The van der Waals surface area contributed by atoms with Gasteiger partial charge < -0.3 is 0 Å². The summed E-state index contributed by atoms with van der Waals surface area (Å²) in [6.45, 7) is 8.07. The fraction of sp³-hybridized carbons (Fsp3) is 0.259. The van der Waals surface area contributed by atoms with Gasteiger partial charge in [0.15, 0.2) is 0 Å². The van der Waals surface area contributed by atoms with E-state index in [1.807, 2.05) is 55.5 Å². The van der Waals surface area contributed by atoms with Gasteiger partial charge in [0.1, 0.15) is 0 Å². The zero-order chi connectivity index (χ0) is 25.6. The highest BCUT2D eigenvalue weighted by molar-refractivity contribution is 9.10. The Hall–Kier alpha value is -2.81. The molecule has 1 N–H and O–H groups in total. The summed E-state index contributed by atoms with van der Waals surface area (Å²) in [5, 5.41) is 4.02. The van der Waals surface area contributed by atoms with Gasteiger partial charge in [0.2, 0.25) is 10.0 Å². The SMILES string of the molecule is Cc1ccc(CN(CC(=O)N/N=C\c2ccc(C(C)(C)C)cc2)S(=O)(=O)c2ccc(Br)cc2)cc1. The van der Waals surface area contributed by atoms with Crippen molar-refractivity contribution in [1.82, 2.24) is 9.73 Å². The van der Waals surface area contributed by atoms with Crippen molar-refractivity contribution in [3.05, 3.63) is 99.5 Å². The lowest BCUT2D eigenvalue weighted by Gasteiger charge is -2.21. The van der Waals surface area contributed by atoms with Crippen LogP contribution in [0.3, 0.4) is 0 Å². The van der Waals surface area contributed by atoms with Gasteiger partial charge in [0, 0.05) is 11.0 Å². The van der Waals surface area contributed by atoms with Crippen LogP contribution >= 0.6 is 15.9 Å². The quantitative estimate of drug-likeness (QED) is 0.298. The van der Waals surface area contributed by atoms with E-state index in [2.05, 4.69) is 47.2 Å². The Morgan fingerprint density at radius 3 is 2.14 bits per heavy atom. The molecule has 3 aromatic rings. The normalized spacial score (nSPS) is 12.3. The molecular formula is C27H30BrN3O3S. The lowest BCUT2D eigenvalue weighted by Crippen LogP contribution is -2.39. The molecule has 8 heteroatoms. The minimum Gasteiger partial charge on any atom is -0.272 e. The summed E-state index contributed by atoms with van der Waals surface area (Å²) in [6.07, 6.45) is 1.54. The fourth-order valence-corrected chi connectivity index (χ4v) is 4.97. The van der Waals surface area contributed by atoms with Gasteiger partial charge in [-0.25, -0.2) is 13.8 Å². The number of hydrogen-bond acceptors (Lipinski definition) is 4. The monoisotopic (exact) mass is 555 g/mol. The summed E-state index contributed by atoms with van der Waals surface area (Å²) in [6, 6.07) is 21.8. The van der Waals surface area contributed by atoms with E-state index < -0.39 is 15.9 Å². The van der Waals surface area contributed by atoms with E-state index in [4.69, 9.17) is 0 Å². The van der Waals surface area contributed by atoms with Crippen LogP contribution in [-0.4, -0.2) is 31.4 Å². The van der Waals surface area contributed by atoms with Gasteiger partial charge in [-0.1, -0.05) is 90.8 Å². The number of amides is 1. The Balaban J connectivity index is 1.75. The molecule has 0 fully saturated rings. The van der Waals surface area contributed by atoms with Crippen LogP contribution in [0.15, 0.2) is 87.3 Å². The second-order valence-corrected chi connectivity index (χ2v) is 12.2. The largest absolute Gasteiger partial charge is 0.272 e. The summed E-state index contributed by atoms with van der Waals surface area (Å²) in [7, 11) is -3.92. The van der Waals surface area contributed by atoms with E-state index in [1.165, 1.54) is 23.9 Å². The number of nitrogens with zero attached hydrogens (tertiary/aromatic N) is 2. The van der Waals surface area contributed by atoms with Gasteiger partial charge >= 0.3 is 0 Å². The molecule has 0 spiro atoms. The third-order valence-corrected chi connectivity index (χ3v) is 7.77. The lowest BCUT2D eigenvalue weighted by molar-refractivity contribution is -0.121. The lowest BCUT2D eigenvalue weighted by atomic mass is 9.87. The third kappa shape index (κ3) is 7.59. The minimum atomic E-state index is -3.92. The molecule has 3 aromatic carbocycles. The van der Waals surface area contributed by atoms with Crippen LogP contribution in [0.5, 0.6) is 0 Å². The summed E-state index contributed by atoms with van der Waals surface area (Å²) in [5.74, 6) is -0.527. The van der Waals surface area contributed by atoms with E-state index in [1.54, 1.807) is 12.1 Å². The van der Waals surface area contributed by atoms with E-state index in [0.717, 1.165) is 25.5 Å². The number of benzene rings is 3. The Bertz CT molecular complexity index is 1280. The average Bonchev–Trinajstić information content (AvgIpc) is 2.80. The summed E-state index contributed by atoms with van der Waals surface area (Å²) in [5.41, 5.74) is 6.38. The molecule has 6 nitrogen and oxygen atoms in total. The van der Waals surface area contributed by atoms with Crippen molar-refractivity contribution in [2.45, 2.75) is 44.6 Å². The maximum absolute atomic E-state index is 13.4. The molecule has 0 aliphatic rings. The van der Waals surface area contributed by atoms with Gasteiger partial charge in [-0.3, -0.25) is 4.79 Å². The number of hydrogen-bond donors (Lipinski definition) is 1. The van der Waals surface area contributed by atoms with E-state index in [9.17, 15) is 13.2 Å². The molecule has 0 heterocycles. The minimum absolute atomic E-state index is 0.0467. The molecule has 35 heavy (non-hydrogen) atoms. The van der Waals surface area contributed by atoms with Crippen molar-refractivity contribution in [2.24, 2.45) is 5.10 Å². The van der Waals surface area contributed by atoms with E-state index in [0.29, 0.717) is 0 Å². The molecular weight excluding hydrogens is 526 g/mol. The number of sulfonamides is 1. The molecule has 1 amide bonds. The molecule has 3 rings (SSSR count). The van der Waals surface area contributed by atoms with Crippen molar-refractivity contribution in [3.8, 4) is 0 Å². The third-order valence-electron chi connectivity index (χ3n) is 5.43. The second kappa shape index (κ2) is 11.3. The van der Waals surface area contributed by atoms with Crippen LogP contribution in [0, 0.1) is 6.92 Å². The number of hydrazone groups is 1. The van der Waals surface area contributed by atoms with Gasteiger partial charge in [-0.2, -0.15) is 9.41 Å². The summed E-state index contributed by atoms with van der Waals surface area (Å²) in [4.78, 5) is 12.8. The predicted octanol–water partition coefficient (Wildman–Crippen LogP) is 5.40. The molecule has 0 aliphatic carbocycles. The fourth-order valence-electron chi connectivity index (χ4n) is 3.32. The zero-order valence-electron chi connectivity index (χ0n) is 20.3. The maximum atomic E-state index is 13.4. The van der Waals surface area contributed by atoms with E-state index in [-0.39, 0.29) is 23.4 Å². The zero-order valence-corrected chi connectivity index (χ0v) is 22.7. The number of carbonyl (C=O) groups is 1. The molecule has 0 saturated carbocycles. The van der Waals surface area contributed by atoms with Crippen LogP contribution in [0.1, 0.15) is 43.0 Å². The topological polar surface area (TPSA) is 78.8 Å². The standard InChI is InChI=1S/C27H30BrN3O3S/c1-20-5-7-22(8-6-20)18-31(35(33,34)25-15-13-24(28)14-16-25)19-26(32)30-29-17-21-9-11-23(12-10-21)27(2,3)4/h5-17H,18-19H2,1-4H3,(H,30,32)/b29-17-. The molecule has 0 saturated heterocycles. The Morgan fingerprint density at radius 1 is 0.971 bits per heavy atom. The van der Waals surface area contributed by atoms with Crippen molar-refractivity contribution >= 4 is 38.1 Å². The van der Waals surface area contributed by atoms with Gasteiger partial charge in [0.25, 0.3) is 5.91 Å². The van der Waals surface area contributed by atoms with E-state index >= 15 is 0 Å². The molecule has 184 valence electrons. The van der Waals surface area contributed by atoms with Gasteiger partial charge in [-0.15, -0.1) is 0 Å². The molecule has 0 bridgehead atoms. The first kappa shape index (κ1) is 26.8. The number of aryl methyl sites for hydroxylation is 1. The van der Waals surface area contributed by atoms with Crippen molar-refractivity contribution < 1.29 is 13.2 Å². The number of rotatable bonds is 8. The van der Waals surface area contributed by atoms with Gasteiger partial charge in [-0.05, 0) is 53.3 Å². The van der Waals surface area contributed by atoms with Crippen LogP contribution in [0.2, 0.25) is 0 Å². The Kier molecular flexibility index (Phi) is 8.64.